The molecule has 2 unspecified atom stereocenters. The molecule has 24 heavy (non-hydrogen) atoms. The van der Waals surface area contributed by atoms with Gasteiger partial charge in [-0.05, 0) is 30.7 Å². The van der Waals surface area contributed by atoms with Crippen LogP contribution < -0.4 is 15.8 Å². The van der Waals surface area contributed by atoms with E-state index in [2.05, 4.69) is 30.2 Å². The molecule has 0 radical (unpaired) electrons. The SMILES string of the molecule is CC(C)CC(CCO)CN=C(N)NC1CCOc2ccccc21.I. The van der Waals surface area contributed by atoms with Crippen LogP contribution in [0.25, 0.3) is 0 Å². The van der Waals surface area contributed by atoms with Gasteiger partial charge in [0.2, 0.25) is 0 Å². The largest absolute Gasteiger partial charge is 0.493 e. The van der Waals surface area contributed by atoms with Gasteiger partial charge in [0.25, 0.3) is 0 Å². The topological polar surface area (TPSA) is 79.9 Å². The summed E-state index contributed by atoms with van der Waals surface area (Å²) in [7, 11) is 0. The average Bonchev–Trinajstić information content (AvgIpc) is 2.53. The maximum atomic E-state index is 9.18. The molecule has 0 saturated heterocycles. The van der Waals surface area contributed by atoms with Crippen LogP contribution in [0.2, 0.25) is 0 Å². The lowest BCUT2D eigenvalue weighted by atomic mass is 9.94. The van der Waals surface area contributed by atoms with Crippen molar-refractivity contribution in [3.8, 4) is 5.75 Å². The number of benzene rings is 1. The Kier molecular flexibility index (Phi) is 9.43. The summed E-state index contributed by atoms with van der Waals surface area (Å²) in [6.07, 6.45) is 2.70. The van der Waals surface area contributed by atoms with Crippen LogP contribution in [0.3, 0.4) is 0 Å². The number of fused-ring (bicyclic) bond motifs is 1. The van der Waals surface area contributed by atoms with Gasteiger partial charge in [0.05, 0.1) is 12.6 Å². The summed E-state index contributed by atoms with van der Waals surface area (Å²) in [5.41, 5.74) is 7.20. The second-order valence-corrected chi connectivity index (χ2v) is 6.61. The average molecular weight is 447 g/mol. The maximum absolute atomic E-state index is 9.18. The molecule has 1 aliphatic rings. The zero-order valence-electron chi connectivity index (χ0n) is 14.6. The van der Waals surface area contributed by atoms with E-state index in [-0.39, 0.29) is 36.6 Å². The molecule has 0 fully saturated rings. The quantitative estimate of drug-likeness (QED) is 0.341. The number of rotatable bonds is 7. The lowest BCUT2D eigenvalue weighted by Gasteiger charge is -2.27. The Morgan fingerprint density at radius 3 is 2.88 bits per heavy atom. The number of guanidine groups is 1. The molecule has 0 amide bonds. The third-order valence-corrected chi connectivity index (χ3v) is 4.14. The number of nitrogens with two attached hydrogens (primary N) is 1. The number of ether oxygens (including phenoxy) is 1. The van der Waals surface area contributed by atoms with Crippen molar-refractivity contribution in [1.29, 1.82) is 0 Å². The van der Waals surface area contributed by atoms with E-state index < -0.39 is 0 Å². The van der Waals surface area contributed by atoms with Crippen LogP contribution in [0.15, 0.2) is 29.3 Å². The standard InChI is InChI=1S/C18H29N3O2.HI/c1-13(2)11-14(7-9-22)12-20-18(19)21-16-8-10-23-17-6-4-3-5-15(16)17;/h3-6,13-14,16,22H,7-12H2,1-2H3,(H3,19,20,21);1H. The second-order valence-electron chi connectivity index (χ2n) is 6.61. The van der Waals surface area contributed by atoms with Crippen molar-refractivity contribution in [2.24, 2.45) is 22.6 Å². The Hall–Kier alpha value is -1.02. The number of hydrogen-bond donors (Lipinski definition) is 3. The van der Waals surface area contributed by atoms with Crippen molar-refractivity contribution in [3.63, 3.8) is 0 Å². The second kappa shape index (κ2) is 10.8. The number of hydrogen-bond acceptors (Lipinski definition) is 3. The molecular formula is C18H30IN3O2. The first-order chi connectivity index (χ1) is 11.1. The summed E-state index contributed by atoms with van der Waals surface area (Å²) in [5.74, 6) is 2.36. The van der Waals surface area contributed by atoms with Crippen LogP contribution in [0, 0.1) is 11.8 Å². The number of halogens is 1. The van der Waals surface area contributed by atoms with Gasteiger partial charge in [0, 0.05) is 25.1 Å². The molecule has 1 aliphatic heterocycles. The summed E-state index contributed by atoms with van der Waals surface area (Å²) in [6.45, 7) is 5.92. The van der Waals surface area contributed by atoms with Crippen molar-refractivity contribution in [2.45, 2.75) is 39.2 Å². The van der Waals surface area contributed by atoms with Crippen molar-refractivity contribution in [1.82, 2.24) is 5.32 Å². The van der Waals surface area contributed by atoms with E-state index in [0.29, 0.717) is 30.9 Å². The minimum Gasteiger partial charge on any atom is -0.493 e. The molecule has 5 nitrogen and oxygen atoms in total. The Morgan fingerprint density at radius 2 is 2.17 bits per heavy atom. The van der Waals surface area contributed by atoms with Crippen molar-refractivity contribution in [3.05, 3.63) is 29.8 Å². The van der Waals surface area contributed by atoms with Gasteiger partial charge in [-0.25, -0.2) is 0 Å². The molecule has 2 atom stereocenters. The van der Waals surface area contributed by atoms with Gasteiger partial charge in [-0.3, -0.25) is 4.99 Å². The third-order valence-electron chi connectivity index (χ3n) is 4.14. The minimum absolute atomic E-state index is 0. The highest BCUT2D eigenvalue weighted by Gasteiger charge is 2.21. The molecule has 1 heterocycles. The van der Waals surface area contributed by atoms with Gasteiger partial charge in [-0.2, -0.15) is 0 Å². The Labute approximate surface area is 162 Å². The number of nitrogens with one attached hydrogen (secondary N) is 1. The molecule has 2 rings (SSSR count). The van der Waals surface area contributed by atoms with E-state index in [4.69, 9.17) is 10.5 Å². The third kappa shape index (κ3) is 6.47. The molecule has 0 aliphatic carbocycles. The summed E-state index contributed by atoms with van der Waals surface area (Å²) in [4.78, 5) is 4.49. The fraction of sp³-hybridized carbons (Fsp3) is 0.611. The van der Waals surface area contributed by atoms with E-state index >= 15 is 0 Å². The Balaban J connectivity index is 0.00000288. The Bertz CT molecular complexity index is 523. The molecule has 4 N–H and O–H groups in total. The molecule has 6 heteroatoms. The summed E-state index contributed by atoms with van der Waals surface area (Å²) >= 11 is 0. The van der Waals surface area contributed by atoms with Crippen LogP contribution in [-0.4, -0.2) is 30.8 Å². The first-order valence-corrected chi connectivity index (χ1v) is 8.49. The molecule has 0 spiro atoms. The lowest BCUT2D eigenvalue weighted by Crippen LogP contribution is -2.37. The summed E-state index contributed by atoms with van der Waals surface area (Å²) in [6, 6.07) is 8.17. The highest BCUT2D eigenvalue weighted by Crippen LogP contribution is 2.31. The minimum atomic E-state index is 0. The van der Waals surface area contributed by atoms with Crippen molar-refractivity contribution >= 4 is 29.9 Å². The monoisotopic (exact) mass is 447 g/mol. The number of aliphatic hydroxyl groups is 1. The number of nitrogens with zero attached hydrogens (tertiary/aromatic N) is 1. The number of para-hydroxylation sites is 1. The first kappa shape index (κ1) is 21.0. The normalized spacial score (nSPS) is 18.3. The van der Waals surface area contributed by atoms with E-state index in [1.54, 1.807) is 0 Å². The molecular weight excluding hydrogens is 417 g/mol. The van der Waals surface area contributed by atoms with Crippen molar-refractivity contribution in [2.75, 3.05) is 19.8 Å². The molecule has 0 saturated carbocycles. The molecule has 1 aromatic carbocycles. The van der Waals surface area contributed by atoms with Gasteiger partial charge in [0.15, 0.2) is 5.96 Å². The predicted molar refractivity (Wildman–Crippen MR) is 109 cm³/mol. The zero-order chi connectivity index (χ0) is 16.7. The van der Waals surface area contributed by atoms with Crippen molar-refractivity contribution < 1.29 is 9.84 Å². The summed E-state index contributed by atoms with van der Waals surface area (Å²) < 4.78 is 5.66. The van der Waals surface area contributed by atoms with Gasteiger partial charge in [-0.15, -0.1) is 24.0 Å². The number of aliphatic hydroxyl groups excluding tert-OH is 1. The van der Waals surface area contributed by atoms with Crippen LogP contribution in [0.1, 0.15) is 44.7 Å². The van der Waals surface area contributed by atoms with E-state index in [1.807, 2.05) is 18.2 Å². The molecule has 1 aromatic rings. The highest BCUT2D eigenvalue weighted by molar-refractivity contribution is 14.0. The van der Waals surface area contributed by atoms with Gasteiger partial charge in [0.1, 0.15) is 5.75 Å². The van der Waals surface area contributed by atoms with Crippen LogP contribution in [0.5, 0.6) is 5.75 Å². The van der Waals surface area contributed by atoms with Crippen LogP contribution in [0.4, 0.5) is 0 Å². The first-order valence-electron chi connectivity index (χ1n) is 8.49. The van der Waals surface area contributed by atoms with Gasteiger partial charge >= 0.3 is 0 Å². The fourth-order valence-corrected chi connectivity index (χ4v) is 3.08. The Morgan fingerprint density at radius 1 is 1.42 bits per heavy atom. The van der Waals surface area contributed by atoms with Gasteiger partial charge in [-0.1, -0.05) is 32.0 Å². The van der Waals surface area contributed by atoms with Crippen LogP contribution >= 0.6 is 24.0 Å². The molecule has 0 aromatic heterocycles. The molecule has 0 bridgehead atoms. The predicted octanol–water partition coefficient (Wildman–Crippen LogP) is 3.08. The highest BCUT2D eigenvalue weighted by atomic mass is 127. The van der Waals surface area contributed by atoms with Gasteiger partial charge < -0.3 is 20.9 Å². The lowest BCUT2D eigenvalue weighted by molar-refractivity contribution is 0.245. The maximum Gasteiger partial charge on any atom is 0.189 e. The van der Waals surface area contributed by atoms with E-state index in [1.165, 1.54) is 0 Å². The molecule has 136 valence electrons. The zero-order valence-corrected chi connectivity index (χ0v) is 16.9. The van der Waals surface area contributed by atoms with E-state index in [0.717, 1.165) is 30.6 Å². The van der Waals surface area contributed by atoms with Crippen LogP contribution in [-0.2, 0) is 0 Å². The number of aliphatic imine (C=N–C) groups is 1. The smallest absolute Gasteiger partial charge is 0.189 e. The summed E-state index contributed by atoms with van der Waals surface area (Å²) in [5, 5.41) is 12.5. The van der Waals surface area contributed by atoms with E-state index in [9.17, 15) is 5.11 Å². The fourth-order valence-electron chi connectivity index (χ4n) is 3.08.